The van der Waals surface area contributed by atoms with E-state index < -0.39 is 0 Å². The Kier molecular flexibility index (Phi) is 4.45. The van der Waals surface area contributed by atoms with Gasteiger partial charge in [0.05, 0.1) is 12.0 Å². The predicted molar refractivity (Wildman–Crippen MR) is 94.9 cm³/mol. The number of carbonyl (C=O) groups is 2. The third-order valence-corrected chi connectivity index (χ3v) is 6.86. The highest BCUT2D eigenvalue weighted by Gasteiger charge is 2.55. The van der Waals surface area contributed by atoms with Crippen molar-refractivity contribution >= 4 is 12.0 Å². The van der Waals surface area contributed by atoms with Crippen molar-refractivity contribution < 1.29 is 14.3 Å². The molecule has 0 N–H and O–H groups in total. The summed E-state index contributed by atoms with van der Waals surface area (Å²) in [4.78, 5) is 29.2. The van der Waals surface area contributed by atoms with Gasteiger partial charge in [-0.3, -0.25) is 4.79 Å². The van der Waals surface area contributed by atoms with Crippen LogP contribution < -0.4 is 0 Å². The molecule has 5 nitrogen and oxygen atoms in total. The lowest BCUT2D eigenvalue weighted by molar-refractivity contribution is -0.159. The average molecular weight is 348 g/mol. The summed E-state index contributed by atoms with van der Waals surface area (Å²) in [6.07, 6.45) is 7.22. The molecule has 1 heterocycles. The van der Waals surface area contributed by atoms with Crippen LogP contribution in [0.1, 0.15) is 52.4 Å². The Bertz CT molecular complexity index is 502. The van der Waals surface area contributed by atoms with E-state index in [-0.39, 0.29) is 11.5 Å². The van der Waals surface area contributed by atoms with Crippen molar-refractivity contribution in [2.75, 3.05) is 32.8 Å². The first kappa shape index (κ1) is 17.2. The number of carbonyl (C=O) groups excluding carboxylic acids is 2. The van der Waals surface area contributed by atoms with Crippen molar-refractivity contribution in [1.82, 2.24) is 9.80 Å². The van der Waals surface area contributed by atoms with Gasteiger partial charge in [0.2, 0.25) is 5.91 Å². The molecule has 4 saturated carbocycles. The molecule has 0 aromatic carbocycles. The first-order chi connectivity index (χ1) is 11.9. The number of rotatable bonds is 3. The summed E-state index contributed by atoms with van der Waals surface area (Å²) in [6.45, 7) is 7.08. The molecule has 25 heavy (non-hydrogen) atoms. The lowest BCUT2D eigenvalue weighted by atomic mass is 9.49. The molecule has 2 amide bonds. The zero-order chi connectivity index (χ0) is 17.6. The second kappa shape index (κ2) is 6.48. The van der Waals surface area contributed by atoms with Gasteiger partial charge in [-0.25, -0.2) is 4.79 Å². The minimum absolute atomic E-state index is 0.0604. The smallest absolute Gasteiger partial charge is 0.409 e. The van der Waals surface area contributed by atoms with Crippen LogP contribution in [0.4, 0.5) is 4.79 Å². The van der Waals surface area contributed by atoms with E-state index in [4.69, 9.17) is 4.74 Å². The first-order valence-corrected chi connectivity index (χ1v) is 10.2. The van der Waals surface area contributed by atoms with Crippen LogP contribution in [0.15, 0.2) is 0 Å². The number of hydrogen-bond acceptors (Lipinski definition) is 3. The summed E-state index contributed by atoms with van der Waals surface area (Å²) in [5.74, 6) is 3.12. The van der Waals surface area contributed by atoms with Crippen LogP contribution >= 0.6 is 0 Å². The molecule has 5 aliphatic rings. The lowest BCUT2D eigenvalue weighted by Gasteiger charge is -2.57. The molecule has 1 aliphatic heterocycles. The Balaban J connectivity index is 1.33. The van der Waals surface area contributed by atoms with Crippen LogP contribution in [0.25, 0.3) is 0 Å². The summed E-state index contributed by atoms with van der Waals surface area (Å²) < 4.78 is 5.32. The second-order valence-electron chi connectivity index (χ2n) is 9.45. The standard InChI is InChI=1S/C20H32N2O3/c1-14(2)13-25-19(24)22-5-3-21(4-6-22)18(23)20-10-15-7-16(11-20)9-17(8-15)12-20/h14-17H,3-13H2,1-2H3. The molecule has 5 fully saturated rings. The summed E-state index contributed by atoms with van der Waals surface area (Å²) in [7, 11) is 0. The molecule has 4 bridgehead atoms. The van der Waals surface area contributed by atoms with Crippen LogP contribution in [-0.2, 0) is 9.53 Å². The molecule has 0 atom stereocenters. The van der Waals surface area contributed by atoms with Gasteiger partial charge < -0.3 is 14.5 Å². The SMILES string of the molecule is CC(C)COC(=O)N1CCN(C(=O)C23CC4CC(CC(C4)C2)C3)CC1. The van der Waals surface area contributed by atoms with E-state index in [1.54, 1.807) is 4.90 Å². The van der Waals surface area contributed by atoms with E-state index >= 15 is 0 Å². The summed E-state index contributed by atoms with van der Waals surface area (Å²) >= 11 is 0. The molecule has 0 aromatic heterocycles. The lowest BCUT2D eigenvalue weighted by Crippen LogP contribution is -2.58. The molecule has 5 rings (SSSR count). The fourth-order valence-electron chi connectivity index (χ4n) is 6.13. The monoisotopic (exact) mass is 348 g/mol. The van der Waals surface area contributed by atoms with Gasteiger partial charge in [-0.05, 0) is 62.2 Å². The quantitative estimate of drug-likeness (QED) is 0.787. The number of nitrogens with zero attached hydrogens (tertiary/aromatic N) is 2. The van der Waals surface area contributed by atoms with E-state index in [0.29, 0.717) is 44.6 Å². The van der Waals surface area contributed by atoms with Gasteiger partial charge >= 0.3 is 6.09 Å². The van der Waals surface area contributed by atoms with E-state index in [1.165, 1.54) is 19.3 Å². The molecule has 1 saturated heterocycles. The number of piperazine rings is 1. The van der Waals surface area contributed by atoms with Crippen molar-refractivity contribution in [3.63, 3.8) is 0 Å². The third kappa shape index (κ3) is 3.26. The van der Waals surface area contributed by atoms with Gasteiger partial charge in [0.1, 0.15) is 0 Å². The predicted octanol–water partition coefficient (Wildman–Crippen LogP) is 3.14. The Morgan fingerprint density at radius 1 is 0.920 bits per heavy atom. The Morgan fingerprint density at radius 3 is 1.88 bits per heavy atom. The normalized spacial score (nSPS) is 36.8. The number of hydrogen-bond donors (Lipinski definition) is 0. The highest BCUT2D eigenvalue weighted by molar-refractivity contribution is 5.83. The van der Waals surface area contributed by atoms with Crippen LogP contribution in [0.5, 0.6) is 0 Å². The summed E-state index contributed by atoms with van der Waals surface area (Å²) in [6, 6.07) is 0. The molecule has 4 aliphatic carbocycles. The highest BCUT2D eigenvalue weighted by Crippen LogP contribution is 2.60. The van der Waals surface area contributed by atoms with Crippen molar-refractivity contribution in [3.8, 4) is 0 Å². The fraction of sp³-hybridized carbons (Fsp3) is 0.900. The van der Waals surface area contributed by atoms with Gasteiger partial charge in [0.15, 0.2) is 0 Å². The maximum atomic E-state index is 13.3. The van der Waals surface area contributed by atoms with E-state index in [9.17, 15) is 9.59 Å². The van der Waals surface area contributed by atoms with Gasteiger partial charge in [0, 0.05) is 26.2 Å². The molecule has 0 aromatic rings. The number of ether oxygens (including phenoxy) is 1. The van der Waals surface area contributed by atoms with Crippen LogP contribution in [-0.4, -0.2) is 54.6 Å². The maximum absolute atomic E-state index is 13.3. The third-order valence-electron chi connectivity index (χ3n) is 6.86. The minimum Gasteiger partial charge on any atom is -0.449 e. The second-order valence-corrected chi connectivity index (χ2v) is 9.45. The molecule has 0 spiro atoms. The molecular formula is C20H32N2O3. The summed E-state index contributed by atoms with van der Waals surface area (Å²) in [5, 5.41) is 0. The number of amides is 2. The van der Waals surface area contributed by atoms with Crippen molar-refractivity contribution in [1.29, 1.82) is 0 Å². The largest absolute Gasteiger partial charge is 0.449 e. The van der Waals surface area contributed by atoms with Crippen LogP contribution in [0.3, 0.4) is 0 Å². The first-order valence-electron chi connectivity index (χ1n) is 10.2. The van der Waals surface area contributed by atoms with Crippen molar-refractivity contribution in [3.05, 3.63) is 0 Å². The molecule has 0 radical (unpaired) electrons. The maximum Gasteiger partial charge on any atom is 0.409 e. The van der Waals surface area contributed by atoms with E-state index in [0.717, 1.165) is 37.0 Å². The van der Waals surface area contributed by atoms with Crippen molar-refractivity contribution in [2.24, 2.45) is 29.1 Å². The molecule has 5 heteroatoms. The van der Waals surface area contributed by atoms with Gasteiger partial charge in [-0.15, -0.1) is 0 Å². The van der Waals surface area contributed by atoms with Crippen LogP contribution in [0, 0.1) is 29.1 Å². The average Bonchev–Trinajstić information content (AvgIpc) is 2.58. The Hall–Kier alpha value is -1.26. The van der Waals surface area contributed by atoms with Crippen LogP contribution in [0.2, 0.25) is 0 Å². The van der Waals surface area contributed by atoms with E-state index in [1.807, 2.05) is 18.7 Å². The Labute approximate surface area is 151 Å². The summed E-state index contributed by atoms with van der Waals surface area (Å²) in [5.41, 5.74) is -0.0604. The fourth-order valence-corrected chi connectivity index (χ4v) is 6.13. The molecule has 0 unspecified atom stereocenters. The molecule has 140 valence electrons. The zero-order valence-corrected chi connectivity index (χ0v) is 15.7. The Morgan fingerprint density at radius 2 is 1.40 bits per heavy atom. The molecular weight excluding hydrogens is 316 g/mol. The van der Waals surface area contributed by atoms with Crippen molar-refractivity contribution in [2.45, 2.75) is 52.4 Å². The topological polar surface area (TPSA) is 49.9 Å². The van der Waals surface area contributed by atoms with Gasteiger partial charge in [-0.1, -0.05) is 13.8 Å². The minimum atomic E-state index is -0.226. The zero-order valence-electron chi connectivity index (χ0n) is 15.7. The van der Waals surface area contributed by atoms with E-state index in [2.05, 4.69) is 0 Å². The van der Waals surface area contributed by atoms with Gasteiger partial charge in [0.25, 0.3) is 0 Å². The van der Waals surface area contributed by atoms with Gasteiger partial charge in [-0.2, -0.15) is 0 Å². The highest BCUT2D eigenvalue weighted by atomic mass is 16.6.